The van der Waals surface area contributed by atoms with Crippen molar-refractivity contribution in [1.82, 2.24) is 30.0 Å². The lowest BCUT2D eigenvalue weighted by Crippen LogP contribution is -2.45. The van der Waals surface area contributed by atoms with E-state index in [1.54, 1.807) is 6.20 Å². The number of anilines is 2. The molecule has 1 saturated heterocycles. The van der Waals surface area contributed by atoms with Crippen LogP contribution in [0.5, 0.6) is 0 Å². The fraction of sp³-hybridized carbons (Fsp3) is 0.621. The number of nitrogen functional groups attached to an aromatic ring is 1. The molecular weight excluding hydrogens is 524 g/mol. The molecule has 1 aliphatic heterocycles. The third kappa shape index (κ3) is 5.51. The molecule has 0 aromatic carbocycles. The Morgan fingerprint density at radius 1 is 1.18 bits per heavy atom. The summed E-state index contributed by atoms with van der Waals surface area (Å²) in [6, 6.07) is 0.741. The number of aromatic nitrogens is 5. The summed E-state index contributed by atoms with van der Waals surface area (Å²) < 4.78 is 6.24. The van der Waals surface area contributed by atoms with E-state index < -0.39 is 0 Å². The van der Waals surface area contributed by atoms with Gasteiger partial charge in [-0.3, -0.25) is 15.2 Å². The van der Waals surface area contributed by atoms with E-state index in [1.807, 2.05) is 5.38 Å². The van der Waals surface area contributed by atoms with Crippen molar-refractivity contribution in [2.24, 2.45) is 5.41 Å². The van der Waals surface area contributed by atoms with Gasteiger partial charge in [-0.25, -0.2) is 15.0 Å². The molecule has 0 spiro atoms. The van der Waals surface area contributed by atoms with Crippen LogP contribution >= 0.6 is 11.3 Å². The van der Waals surface area contributed by atoms with Crippen LogP contribution in [0.1, 0.15) is 93.5 Å². The zero-order valence-corrected chi connectivity index (χ0v) is 24.7. The Balaban J connectivity index is 1.04. The fourth-order valence-electron chi connectivity index (χ4n) is 6.61. The number of rotatable bonds is 6. The quantitative estimate of drug-likeness (QED) is 0.383. The molecule has 6 rings (SSSR count). The second-order valence-electron chi connectivity index (χ2n) is 13.0. The fourth-order valence-corrected chi connectivity index (χ4v) is 7.30. The maximum atomic E-state index is 13.3. The van der Waals surface area contributed by atoms with Crippen molar-refractivity contribution in [3.63, 3.8) is 0 Å². The van der Waals surface area contributed by atoms with Gasteiger partial charge in [-0.15, -0.1) is 11.3 Å². The predicted octanol–water partition coefficient (Wildman–Crippen LogP) is 4.94. The van der Waals surface area contributed by atoms with Gasteiger partial charge >= 0.3 is 0 Å². The van der Waals surface area contributed by atoms with Gasteiger partial charge in [0.2, 0.25) is 5.95 Å². The average Bonchev–Trinajstić information content (AvgIpc) is 3.57. The Morgan fingerprint density at radius 2 is 1.93 bits per heavy atom. The van der Waals surface area contributed by atoms with Gasteiger partial charge in [-0.2, -0.15) is 5.10 Å². The molecule has 3 aliphatic rings. The number of hydrogen-bond donors (Lipinski definition) is 3. The molecule has 214 valence electrons. The normalized spacial score (nSPS) is 21.1. The van der Waals surface area contributed by atoms with Crippen LogP contribution in [0, 0.1) is 5.41 Å². The summed E-state index contributed by atoms with van der Waals surface area (Å²) in [4.78, 5) is 29.2. The minimum atomic E-state index is -0.327. The highest BCUT2D eigenvalue weighted by Crippen LogP contribution is 2.43. The lowest BCUT2D eigenvalue weighted by atomic mass is 9.73. The van der Waals surface area contributed by atoms with Gasteiger partial charge in [-0.1, -0.05) is 27.7 Å². The van der Waals surface area contributed by atoms with E-state index in [2.05, 4.69) is 63.1 Å². The van der Waals surface area contributed by atoms with Gasteiger partial charge in [0.1, 0.15) is 0 Å². The largest absolute Gasteiger partial charge is 0.372 e. The molecule has 10 nitrogen and oxygen atoms in total. The number of piperidine rings is 1. The van der Waals surface area contributed by atoms with Crippen LogP contribution in [0.15, 0.2) is 11.6 Å². The first-order valence-electron chi connectivity index (χ1n) is 14.4. The van der Waals surface area contributed by atoms with Crippen LogP contribution < -0.4 is 11.1 Å². The SMILES string of the molecule is CC1(C)CCC(N2CCC(OCc3csc(NC(=O)c4n[nH]c5c4C(C)(C)Cc4cnc(N)nc4-5)n3)CC2)CC1. The molecule has 1 saturated carbocycles. The van der Waals surface area contributed by atoms with Crippen LogP contribution in [0.4, 0.5) is 11.1 Å². The van der Waals surface area contributed by atoms with Crippen molar-refractivity contribution in [2.45, 2.75) is 96.8 Å². The van der Waals surface area contributed by atoms with Gasteiger partial charge in [0.25, 0.3) is 5.91 Å². The summed E-state index contributed by atoms with van der Waals surface area (Å²) in [6.45, 7) is 11.7. The second-order valence-corrected chi connectivity index (χ2v) is 13.9. The van der Waals surface area contributed by atoms with Crippen LogP contribution in [-0.4, -0.2) is 61.2 Å². The molecule has 0 radical (unpaired) electrons. The number of H-pyrrole nitrogens is 1. The van der Waals surface area contributed by atoms with Gasteiger partial charge in [0.15, 0.2) is 10.8 Å². The lowest BCUT2D eigenvalue weighted by molar-refractivity contribution is -0.0193. The molecule has 3 aromatic heterocycles. The minimum absolute atomic E-state index is 0.196. The number of carbonyl (C=O) groups excluding carboxylic acids is 1. The standard InChI is InChI=1S/C29H40N8O2S/c1-28(2)9-5-19(6-10-28)37-11-7-20(8-12-37)39-15-18-16-40-27(32-18)34-25(38)24-21-23(35-36-24)22-17(13-29(21,3)4)14-31-26(30)33-22/h14,16,19-20H,5-13,15H2,1-4H3,(H,35,36)(H2,30,31,33)(H,32,34,38). The van der Waals surface area contributed by atoms with E-state index in [4.69, 9.17) is 10.5 Å². The molecular formula is C29H40N8O2S. The highest BCUT2D eigenvalue weighted by atomic mass is 32.1. The van der Waals surface area contributed by atoms with E-state index in [9.17, 15) is 4.79 Å². The Labute approximate surface area is 239 Å². The molecule has 0 atom stereocenters. The second kappa shape index (κ2) is 10.5. The summed E-state index contributed by atoms with van der Waals surface area (Å²) in [7, 11) is 0. The van der Waals surface area contributed by atoms with E-state index in [0.29, 0.717) is 35.0 Å². The van der Waals surface area contributed by atoms with Crippen molar-refractivity contribution in [2.75, 3.05) is 24.1 Å². The van der Waals surface area contributed by atoms with Crippen molar-refractivity contribution < 1.29 is 9.53 Å². The van der Waals surface area contributed by atoms with E-state index in [0.717, 1.165) is 54.5 Å². The summed E-state index contributed by atoms with van der Waals surface area (Å²) in [6.07, 6.45) is 10.1. The van der Waals surface area contributed by atoms with Crippen molar-refractivity contribution >= 4 is 28.3 Å². The van der Waals surface area contributed by atoms with Crippen molar-refractivity contribution in [3.8, 4) is 11.4 Å². The number of nitrogens with zero attached hydrogens (tertiary/aromatic N) is 5. The number of likely N-dealkylation sites (tertiary alicyclic amines) is 1. The Hall–Kier alpha value is -2.89. The summed E-state index contributed by atoms with van der Waals surface area (Å²) in [5.41, 5.74) is 10.4. The number of aromatic amines is 1. The molecule has 11 heteroatoms. The first-order valence-corrected chi connectivity index (χ1v) is 15.3. The number of thiazole rings is 1. The topological polar surface area (TPSA) is 135 Å². The van der Waals surface area contributed by atoms with Gasteiger partial charge in [0.05, 0.1) is 29.8 Å². The number of hydrogen-bond acceptors (Lipinski definition) is 9. The van der Waals surface area contributed by atoms with E-state index in [1.165, 1.54) is 37.0 Å². The number of amides is 1. The maximum absolute atomic E-state index is 13.3. The molecule has 0 bridgehead atoms. The van der Waals surface area contributed by atoms with Crippen molar-refractivity contribution in [3.05, 3.63) is 34.1 Å². The maximum Gasteiger partial charge on any atom is 0.278 e. The third-order valence-electron chi connectivity index (χ3n) is 8.95. The molecule has 3 aromatic rings. The number of carbonyl (C=O) groups is 1. The monoisotopic (exact) mass is 564 g/mol. The molecule has 1 amide bonds. The highest BCUT2D eigenvalue weighted by molar-refractivity contribution is 7.14. The Kier molecular flexibility index (Phi) is 7.16. The Bertz CT molecular complexity index is 1380. The number of nitrogens with one attached hydrogen (secondary N) is 2. The highest BCUT2D eigenvalue weighted by Gasteiger charge is 2.39. The molecule has 2 aliphatic carbocycles. The average molecular weight is 565 g/mol. The third-order valence-corrected chi connectivity index (χ3v) is 9.76. The molecule has 40 heavy (non-hydrogen) atoms. The summed E-state index contributed by atoms with van der Waals surface area (Å²) >= 11 is 1.40. The van der Waals surface area contributed by atoms with E-state index >= 15 is 0 Å². The Morgan fingerprint density at radius 3 is 2.67 bits per heavy atom. The van der Waals surface area contributed by atoms with Crippen molar-refractivity contribution in [1.29, 1.82) is 0 Å². The van der Waals surface area contributed by atoms with Crippen LogP contribution in [0.2, 0.25) is 0 Å². The first kappa shape index (κ1) is 27.3. The summed E-state index contributed by atoms with van der Waals surface area (Å²) in [5.74, 6) is -0.0993. The smallest absolute Gasteiger partial charge is 0.278 e. The van der Waals surface area contributed by atoms with Gasteiger partial charge in [-0.05, 0) is 61.3 Å². The first-order chi connectivity index (χ1) is 19.1. The number of nitrogens with two attached hydrogens (primary N) is 1. The zero-order valence-electron chi connectivity index (χ0n) is 23.9. The van der Waals surface area contributed by atoms with Gasteiger partial charge in [0, 0.05) is 36.3 Å². The predicted molar refractivity (Wildman–Crippen MR) is 156 cm³/mol. The zero-order chi connectivity index (χ0) is 28.1. The molecule has 0 unspecified atom stereocenters. The summed E-state index contributed by atoms with van der Waals surface area (Å²) in [5, 5.41) is 12.8. The van der Waals surface area contributed by atoms with Crippen LogP contribution in [0.25, 0.3) is 11.4 Å². The lowest BCUT2D eigenvalue weighted by Gasteiger charge is -2.43. The van der Waals surface area contributed by atoms with Crippen LogP contribution in [-0.2, 0) is 23.2 Å². The van der Waals surface area contributed by atoms with Gasteiger partial charge < -0.3 is 15.4 Å². The molecule has 4 heterocycles. The van der Waals surface area contributed by atoms with E-state index in [-0.39, 0.29) is 23.4 Å². The minimum Gasteiger partial charge on any atom is -0.372 e. The molecule has 4 N–H and O–H groups in total. The molecule has 2 fully saturated rings. The van der Waals surface area contributed by atoms with Crippen LogP contribution in [0.3, 0.4) is 0 Å². The number of ether oxygens (including phenoxy) is 1. The number of fused-ring (bicyclic) bond motifs is 3.